The molecule has 0 radical (unpaired) electrons. The van der Waals surface area contributed by atoms with Crippen LogP contribution in [0.3, 0.4) is 0 Å². The maximum Gasteiger partial charge on any atom is 0.305 e. The summed E-state index contributed by atoms with van der Waals surface area (Å²) in [6.07, 6.45) is 0.754. The smallest absolute Gasteiger partial charge is 0.305 e. The van der Waals surface area contributed by atoms with Gasteiger partial charge in [0.1, 0.15) is 0 Å². The Morgan fingerprint density at radius 3 is 3.00 bits per heavy atom. The van der Waals surface area contributed by atoms with Crippen LogP contribution in [0.15, 0.2) is 12.1 Å². The Morgan fingerprint density at radius 1 is 1.47 bits per heavy atom. The second-order valence-electron chi connectivity index (χ2n) is 4.05. The molecule has 1 aromatic rings. The van der Waals surface area contributed by atoms with Crippen molar-refractivity contribution in [2.45, 2.75) is 25.1 Å². The fourth-order valence-corrected chi connectivity index (χ4v) is 2.32. The van der Waals surface area contributed by atoms with Gasteiger partial charge >= 0.3 is 5.97 Å². The molecule has 1 atom stereocenters. The maximum atomic E-state index is 11.3. The molecule has 0 spiro atoms. The van der Waals surface area contributed by atoms with Gasteiger partial charge in [-0.05, 0) is 31.0 Å². The third-order valence-corrected chi connectivity index (χ3v) is 3.47. The quantitative estimate of drug-likeness (QED) is 0.615. The third kappa shape index (κ3) is 3.45. The van der Waals surface area contributed by atoms with Crippen LogP contribution in [-0.4, -0.2) is 19.4 Å². The molecule has 0 amide bonds. The number of fused-ring (bicyclic) bond motifs is 1. The molecule has 0 aliphatic carbocycles. The summed E-state index contributed by atoms with van der Waals surface area (Å²) >= 11 is 12.3. The van der Waals surface area contributed by atoms with Crippen LogP contribution in [-0.2, 0) is 9.53 Å². The van der Waals surface area contributed by atoms with Gasteiger partial charge < -0.3 is 14.2 Å². The lowest BCUT2D eigenvalue weighted by molar-refractivity contribution is -0.143. The zero-order chi connectivity index (χ0) is 13.8. The Kier molecular flexibility index (Phi) is 4.77. The first kappa shape index (κ1) is 14.3. The molecule has 2 rings (SSSR count). The minimum atomic E-state index is -0.323. The summed E-state index contributed by atoms with van der Waals surface area (Å²) in [5.74, 6) is 0.879. The number of hydrogen-bond donors (Lipinski definition) is 0. The van der Waals surface area contributed by atoms with Crippen molar-refractivity contribution in [2.24, 2.45) is 0 Å². The van der Waals surface area contributed by atoms with E-state index in [1.807, 2.05) is 0 Å². The lowest BCUT2D eigenvalue weighted by atomic mass is 10.1. The number of carbonyl (C=O) groups excluding carboxylic acids is 1. The highest BCUT2D eigenvalue weighted by Gasteiger charge is 2.21. The summed E-state index contributed by atoms with van der Waals surface area (Å²) in [5, 5.41) is 0.142. The van der Waals surface area contributed by atoms with Crippen molar-refractivity contribution in [3.63, 3.8) is 0 Å². The average molecular weight is 305 g/mol. The van der Waals surface area contributed by atoms with Crippen LogP contribution < -0.4 is 9.47 Å². The van der Waals surface area contributed by atoms with Gasteiger partial charge in [0.2, 0.25) is 6.79 Å². The standard InChI is InChI=1S/C13H14Cl2O4/c1-2-17-12(16)4-3-9(14)8-5-10(15)13-11(6-8)18-7-19-13/h5-6,9H,2-4,7H2,1H3. The molecule has 0 saturated heterocycles. The fourth-order valence-electron chi connectivity index (χ4n) is 1.81. The molecule has 1 aromatic carbocycles. The second-order valence-corrected chi connectivity index (χ2v) is 4.98. The highest BCUT2D eigenvalue weighted by molar-refractivity contribution is 6.32. The van der Waals surface area contributed by atoms with Gasteiger partial charge in [0.25, 0.3) is 0 Å². The molecule has 1 aliphatic heterocycles. The molecular formula is C13H14Cl2O4. The lowest BCUT2D eigenvalue weighted by Crippen LogP contribution is -2.05. The summed E-state index contributed by atoms with van der Waals surface area (Å²) in [5.41, 5.74) is 0.806. The Morgan fingerprint density at radius 2 is 2.26 bits per heavy atom. The maximum absolute atomic E-state index is 11.3. The van der Waals surface area contributed by atoms with Gasteiger partial charge in [-0.2, -0.15) is 0 Å². The largest absolute Gasteiger partial charge is 0.466 e. The monoisotopic (exact) mass is 304 g/mol. The van der Waals surface area contributed by atoms with Gasteiger partial charge in [0.05, 0.1) is 17.0 Å². The predicted molar refractivity (Wildman–Crippen MR) is 72.0 cm³/mol. The van der Waals surface area contributed by atoms with Crippen LogP contribution in [0.4, 0.5) is 0 Å². The van der Waals surface area contributed by atoms with Crippen molar-refractivity contribution in [2.75, 3.05) is 13.4 Å². The molecule has 0 aromatic heterocycles. The van der Waals surface area contributed by atoms with Gasteiger partial charge in [0.15, 0.2) is 11.5 Å². The molecule has 6 heteroatoms. The third-order valence-electron chi connectivity index (χ3n) is 2.72. The molecule has 104 valence electrons. The lowest BCUT2D eigenvalue weighted by Gasteiger charge is -2.11. The van der Waals surface area contributed by atoms with E-state index in [0.29, 0.717) is 29.5 Å². The number of carbonyl (C=O) groups is 1. The van der Waals surface area contributed by atoms with Crippen molar-refractivity contribution in [3.8, 4) is 11.5 Å². The SMILES string of the molecule is CCOC(=O)CCC(Cl)c1cc(Cl)c2c(c1)OCO2. The van der Waals surface area contributed by atoms with Crippen LogP contribution in [0.2, 0.25) is 5.02 Å². The predicted octanol–water partition coefficient (Wildman–Crippen LogP) is 3.69. The van der Waals surface area contributed by atoms with Gasteiger partial charge in [-0.15, -0.1) is 11.6 Å². The van der Waals surface area contributed by atoms with E-state index in [2.05, 4.69) is 0 Å². The van der Waals surface area contributed by atoms with Gasteiger partial charge in [-0.3, -0.25) is 4.79 Å². The Labute approximate surface area is 121 Å². The van der Waals surface area contributed by atoms with E-state index in [1.54, 1.807) is 19.1 Å². The van der Waals surface area contributed by atoms with Crippen LogP contribution in [0, 0.1) is 0 Å². The number of esters is 1. The first-order valence-electron chi connectivity index (χ1n) is 6.00. The van der Waals surface area contributed by atoms with E-state index >= 15 is 0 Å². The minimum Gasteiger partial charge on any atom is -0.466 e. The normalized spacial score (nSPS) is 14.3. The fraction of sp³-hybridized carbons (Fsp3) is 0.462. The molecule has 0 N–H and O–H groups in total. The van der Waals surface area contributed by atoms with Crippen LogP contribution in [0.5, 0.6) is 11.5 Å². The summed E-state index contributed by atoms with van der Waals surface area (Å²) in [6.45, 7) is 2.31. The highest BCUT2D eigenvalue weighted by atomic mass is 35.5. The summed E-state index contributed by atoms with van der Waals surface area (Å²) in [4.78, 5) is 11.3. The van der Waals surface area contributed by atoms with Crippen LogP contribution >= 0.6 is 23.2 Å². The molecular weight excluding hydrogens is 291 g/mol. The van der Waals surface area contributed by atoms with E-state index in [0.717, 1.165) is 5.56 Å². The van der Waals surface area contributed by atoms with Crippen molar-refractivity contribution in [1.29, 1.82) is 0 Å². The zero-order valence-corrected chi connectivity index (χ0v) is 12.0. The summed E-state index contributed by atoms with van der Waals surface area (Å²) in [7, 11) is 0. The number of halogens is 2. The molecule has 19 heavy (non-hydrogen) atoms. The topological polar surface area (TPSA) is 44.8 Å². The minimum absolute atomic E-state index is 0.161. The molecule has 1 heterocycles. The number of rotatable bonds is 5. The molecule has 4 nitrogen and oxygen atoms in total. The zero-order valence-electron chi connectivity index (χ0n) is 10.4. The Bertz CT molecular complexity index is 476. The van der Waals surface area contributed by atoms with Crippen molar-refractivity contribution >= 4 is 29.2 Å². The van der Waals surface area contributed by atoms with E-state index in [-0.39, 0.29) is 24.6 Å². The number of hydrogen-bond acceptors (Lipinski definition) is 4. The number of alkyl halides is 1. The number of ether oxygens (including phenoxy) is 3. The average Bonchev–Trinajstić information content (AvgIpc) is 2.85. The highest BCUT2D eigenvalue weighted by Crippen LogP contribution is 2.42. The molecule has 1 aliphatic rings. The summed E-state index contributed by atoms with van der Waals surface area (Å²) in [6, 6.07) is 3.52. The van der Waals surface area contributed by atoms with Gasteiger partial charge in [-0.25, -0.2) is 0 Å². The number of benzene rings is 1. The molecule has 1 unspecified atom stereocenters. The van der Waals surface area contributed by atoms with Gasteiger partial charge in [-0.1, -0.05) is 11.6 Å². The first-order valence-corrected chi connectivity index (χ1v) is 6.82. The van der Waals surface area contributed by atoms with E-state index in [1.165, 1.54) is 0 Å². The molecule has 0 saturated carbocycles. The van der Waals surface area contributed by atoms with Gasteiger partial charge in [0, 0.05) is 6.42 Å². The first-order chi connectivity index (χ1) is 9.11. The second kappa shape index (κ2) is 6.35. The van der Waals surface area contributed by atoms with Crippen molar-refractivity contribution in [3.05, 3.63) is 22.7 Å². The van der Waals surface area contributed by atoms with Crippen molar-refractivity contribution < 1.29 is 19.0 Å². The van der Waals surface area contributed by atoms with E-state index in [9.17, 15) is 4.79 Å². The molecule has 0 bridgehead atoms. The summed E-state index contributed by atoms with van der Waals surface area (Å²) < 4.78 is 15.4. The Hall–Kier alpha value is -1.13. The molecule has 0 fully saturated rings. The van der Waals surface area contributed by atoms with E-state index in [4.69, 9.17) is 37.4 Å². The van der Waals surface area contributed by atoms with E-state index < -0.39 is 0 Å². The van der Waals surface area contributed by atoms with Crippen molar-refractivity contribution in [1.82, 2.24) is 0 Å². The Balaban J connectivity index is 2.01. The van der Waals surface area contributed by atoms with Crippen LogP contribution in [0.25, 0.3) is 0 Å². The van der Waals surface area contributed by atoms with Crippen LogP contribution in [0.1, 0.15) is 30.7 Å².